The van der Waals surface area contributed by atoms with E-state index >= 15 is 0 Å². The lowest BCUT2D eigenvalue weighted by molar-refractivity contribution is -0.144. The van der Waals surface area contributed by atoms with Crippen molar-refractivity contribution in [3.05, 3.63) is 34.9 Å². The highest BCUT2D eigenvalue weighted by molar-refractivity contribution is 6.08. The third-order valence-electron chi connectivity index (χ3n) is 9.00. The van der Waals surface area contributed by atoms with Gasteiger partial charge in [-0.05, 0) is 67.2 Å². The van der Waals surface area contributed by atoms with Gasteiger partial charge in [0.1, 0.15) is 0 Å². The van der Waals surface area contributed by atoms with Gasteiger partial charge in [0.05, 0.1) is 30.4 Å². The fourth-order valence-electron chi connectivity index (χ4n) is 7.47. The van der Waals surface area contributed by atoms with Crippen LogP contribution in [0.3, 0.4) is 0 Å². The van der Waals surface area contributed by atoms with E-state index < -0.39 is 5.54 Å². The number of hydrogen-bond acceptors (Lipinski definition) is 6. The van der Waals surface area contributed by atoms with E-state index in [2.05, 4.69) is 19.9 Å². The number of amides is 1. The Bertz CT molecular complexity index is 1030. The maximum atomic E-state index is 14.5. The zero-order valence-electron chi connectivity index (χ0n) is 20.5. The summed E-state index contributed by atoms with van der Waals surface area (Å²) in [5.74, 6) is 0.906. The third kappa shape index (κ3) is 3.22. The summed E-state index contributed by atoms with van der Waals surface area (Å²) >= 11 is 0. The summed E-state index contributed by atoms with van der Waals surface area (Å²) in [5, 5.41) is 9.65. The number of benzene rings is 1. The number of nitriles is 1. The molecule has 7 nitrogen and oxygen atoms in total. The van der Waals surface area contributed by atoms with Crippen molar-refractivity contribution in [2.75, 3.05) is 20.3 Å². The first kappa shape index (κ1) is 23.3. The molecule has 34 heavy (non-hydrogen) atoms. The number of rotatable bonds is 5. The molecule has 2 aliphatic carbocycles. The van der Waals surface area contributed by atoms with Gasteiger partial charge in [-0.2, -0.15) is 5.26 Å². The van der Waals surface area contributed by atoms with Gasteiger partial charge in [0.15, 0.2) is 11.5 Å². The fraction of sp³-hybridized carbons (Fsp3) is 0.667. The van der Waals surface area contributed by atoms with Crippen LogP contribution in [0.15, 0.2) is 23.2 Å². The first-order valence-corrected chi connectivity index (χ1v) is 12.8. The summed E-state index contributed by atoms with van der Waals surface area (Å²) in [6, 6.07) is 8.03. The normalized spacial score (nSPS) is 36.8. The number of carbonyl (C=O) groups is 1. The highest BCUT2D eigenvalue weighted by Crippen LogP contribution is 2.64. The molecule has 1 saturated carbocycles. The molecule has 2 fully saturated rings. The van der Waals surface area contributed by atoms with Gasteiger partial charge in [-0.3, -0.25) is 9.69 Å². The second-order valence-electron chi connectivity index (χ2n) is 10.6. The largest absolute Gasteiger partial charge is 0.381 e. The summed E-state index contributed by atoms with van der Waals surface area (Å²) in [4.78, 5) is 21.2. The molecule has 1 saturated heterocycles. The van der Waals surface area contributed by atoms with Crippen LogP contribution in [-0.2, 0) is 26.2 Å². The first-order chi connectivity index (χ1) is 16.4. The average Bonchev–Trinajstić information content (AvgIpc) is 3.52. The molecule has 2 heterocycles. The topological polar surface area (TPSA) is 101 Å². The summed E-state index contributed by atoms with van der Waals surface area (Å²) < 4.78 is 11.8. The van der Waals surface area contributed by atoms with E-state index in [4.69, 9.17) is 20.2 Å². The van der Waals surface area contributed by atoms with Gasteiger partial charge in [0.2, 0.25) is 0 Å². The van der Waals surface area contributed by atoms with Crippen LogP contribution in [0, 0.1) is 28.6 Å². The zero-order valence-corrected chi connectivity index (χ0v) is 20.5. The number of nitrogens with zero attached hydrogens (tertiary/aromatic N) is 3. The average molecular weight is 465 g/mol. The number of ether oxygens (including phenoxy) is 2. The van der Waals surface area contributed by atoms with Gasteiger partial charge < -0.3 is 15.2 Å². The second kappa shape index (κ2) is 8.66. The Morgan fingerprint density at radius 2 is 2.03 bits per heavy atom. The van der Waals surface area contributed by atoms with E-state index in [1.807, 2.05) is 25.3 Å². The molecule has 5 rings (SSSR count). The van der Waals surface area contributed by atoms with Crippen molar-refractivity contribution < 1.29 is 14.3 Å². The van der Waals surface area contributed by atoms with Crippen molar-refractivity contribution >= 4 is 11.9 Å². The van der Waals surface area contributed by atoms with Crippen LogP contribution in [0.2, 0.25) is 0 Å². The first-order valence-electron chi connectivity index (χ1n) is 12.8. The SMILES string of the molecule is CC[C@@H]1CC2(Cc3ccc(C#N)cc3[C@]23N=C(N)N(C[C@H]2CCCO2)C3=O)C[C@H](CC)C1OC. The molecule has 182 valence electrons. The van der Waals surface area contributed by atoms with E-state index in [0.717, 1.165) is 62.7 Å². The van der Waals surface area contributed by atoms with Crippen molar-refractivity contribution in [1.82, 2.24) is 4.90 Å². The van der Waals surface area contributed by atoms with Gasteiger partial charge in [0.25, 0.3) is 5.91 Å². The molecule has 1 amide bonds. The molecule has 2 N–H and O–H groups in total. The van der Waals surface area contributed by atoms with Gasteiger partial charge >= 0.3 is 0 Å². The molecule has 2 unspecified atom stereocenters. The third-order valence-corrected chi connectivity index (χ3v) is 9.00. The molecule has 2 spiro atoms. The number of hydrogen-bond donors (Lipinski definition) is 1. The van der Waals surface area contributed by atoms with Crippen LogP contribution in [0.25, 0.3) is 0 Å². The summed E-state index contributed by atoms with van der Waals surface area (Å²) in [7, 11) is 1.81. The van der Waals surface area contributed by atoms with E-state index in [-0.39, 0.29) is 29.5 Å². The number of guanidine groups is 1. The van der Waals surface area contributed by atoms with Crippen LogP contribution in [0.5, 0.6) is 0 Å². The Kier molecular flexibility index (Phi) is 5.94. The maximum absolute atomic E-state index is 14.5. The molecule has 2 aliphatic heterocycles. The highest BCUT2D eigenvalue weighted by atomic mass is 16.5. The van der Waals surface area contributed by atoms with Crippen molar-refractivity contribution in [3.8, 4) is 6.07 Å². The van der Waals surface area contributed by atoms with Gasteiger partial charge in [-0.15, -0.1) is 0 Å². The summed E-state index contributed by atoms with van der Waals surface area (Å²) in [6.45, 7) is 5.59. The lowest BCUT2D eigenvalue weighted by atomic mass is 9.55. The monoisotopic (exact) mass is 464 g/mol. The van der Waals surface area contributed by atoms with Crippen molar-refractivity contribution in [3.63, 3.8) is 0 Å². The molecule has 0 radical (unpaired) electrons. The molecular formula is C27H36N4O3. The Labute approximate surface area is 202 Å². The van der Waals surface area contributed by atoms with Crippen molar-refractivity contribution in [2.45, 2.75) is 76.5 Å². The Morgan fingerprint density at radius 1 is 1.29 bits per heavy atom. The minimum Gasteiger partial charge on any atom is -0.381 e. The predicted molar refractivity (Wildman–Crippen MR) is 129 cm³/mol. The maximum Gasteiger partial charge on any atom is 0.262 e. The van der Waals surface area contributed by atoms with Crippen LogP contribution in [0.1, 0.15) is 69.1 Å². The quantitative estimate of drug-likeness (QED) is 0.719. The highest BCUT2D eigenvalue weighted by Gasteiger charge is 2.68. The summed E-state index contributed by atoms with van der Waals surface area (Å²) in [6.07, 6.45) is 6.55. The molecule has 0 aromatic heterocycles. The smallest absolute Gasteiger partial charge is 0.262 e. The number of aliphatic imine (C=N–C) groups is 1. The number of fused-ring (bicyclic) bond motifs is 3. The van der Waals surface area contributed by atoms with E-state index in [1.165, 1.54) is 0 Å². The second-order valence-corrected chi connectivity index (χ2v) is 10.6. The minimum atomic E-state index is -1.09. The molecule has 1 aromatic carbocycles. The van der Waals surface area contributed by atoms with Gasteiger partial charge in [-0.1, -0.05) is 32.8 Å². The van der Waals surface area contributed by atoms with Crippen LogP contribution in [-0.4, -0.2) is 49.2 Å². The Morgan fingerprint density at radius 3 is 2.62 bits per heavy atom. The lowest BCUT2D eigenvalue weighted by Crippen LogP contribution is -2.56. The standard InChI is InChI=1S/C27H36N4O3/c1-4-18-12-26(13-19(5-2)23(18)33-3)14-20-9-8-17(15-28)11-22(20)27(26)24(32)31(25(29)30-27)16-21-7-6-10-34-21/h8-9,11,18-19,21,23H,4-7,10,12-14,16H2,1-3H3,(H2,29,30)/t18-,19+,21-,23?,26?,27-/m1/s1. The molecule has 1 aromatic rings. The minimum absolute atomic E-state index is 0.00822. The van der Waals surface area contributed by atoms with Gasteiger partial charge in [0, 0.05) is 19.1 Å². The van der Waals surface area contributed by atoms with Crippen molar-refractivity contribution in [1.29, 1.82) is 5.26 Å². The fourth-order valence-corrected chi connectivity index (χ4v) is 7.47. The number of carbonyl (C=O) groups excluding carboxylic acids is 1. The molecule has 0 bridgehead atoms. The number of nitrogens with two attached hydrogens (primary N) is 1. The molecular weight excluding hydrogens is 428 g/mol. The van der Waals surface area contributed by atoms with Crippen molar-refractivity contribution in [2.24, 2.45) is 28.0 Å². The molecule has 4 aliphatic rings. The summed E-state index contributed by atoms with van der Waals surface area (Å²) in [5.41, 5.74) is 7.59. The Hall–Kier alpha value is -2.43. The Balaban J connectivity index is 1.64. The lowest BCUT2D eigenvalue weighted by Gasteiger charge is -2.51. The van der Waals surface area contributed by atoms with E-state index in [9.17, 15) is 10.1 Å². The predicted octanol–water partition coefficient (Wildman–Crippen LogP) is 3.49. The molecule has 6 atom stereocenters. The van der Waals surface area contributed by atoms with Crippen LogP contribution >= 0.6 is 0 Å². The van der Waals surface area contributed by atoms with Crippen LogP contribution < -0.4 is 5.73 Å². The van der Waals surface area contributed by atoms with Crippen LogP contribution in [0.4, 0.5) is 0 Å². The van der Waals surface area contributed by atoms with E-state index in [0.29, 0.717) is 23.9 Å². The zero-order chi connectivity index (χ0) is 24.1. The number of methoxy groups -OCH3 is 1. The van der Waals surface area contributed by atoms with E-state index in [1.54, 1.807) is 4.90 Å². The van der Waals surface area contributed by atoms with Gasteiger partial charge in [-0.25, -0.2) is 4.99 Å². The molecule has 7 heteroatoms.